The van der Waals surface area contributed by atoms with E-state index in [1.54, 1.807) is 0 Å². The number of hydrogen-bond donors (Lipinski definition) is 3. The lowest BCUT2D eigenvalue weighted by Crippen LogP contribution is -2.42. The van der Waals surface area contributed by atoms with E-state index in [1.165, 1.54) is 0 Å². The van der Waals surface area contributed by atoms with E-state index >= 15 is 0 Å². The highest BCUT2D eigenvalue weighted by atomic mass is 16.4. The maximum Gasteiger partial charge on any atom is 0.321 e. The van der Waals surface area contributed by atoms with Gasteiger partial charge in [0.05, 0.1) is 0 Å². The Hall–Kier alpha value is -2.33. The molecule has 0 unspecified atom stereocenters. The van der Waals surface area contributed by atoms with E-state index in [2.05, 4.69) is 10.3 Å². The monoisotopic (exact) mass is 268 g/mol. The SMILES string of the molecule is O=C(O)[C@H](Cc1c[nH]c2ccccc12)NC1C=CC=C1. The zero-order chi connectivity index (χ0) is 13.9. The van der Waals surface area contributed by atoms with Gasteiger partial charge in [0.25, 0.3) is 0 Å². The second-order valence-electron chi connectivity index (χ2n) is 4.92. The molecule has 3 rings (SSSR count). The Balaban J connectivity index is 1.80. The number of aromatic nitrogens is 1. The maximum atomic E-state index is 11.4. The van der Waals surface area contributed by atoms with Gasteiger partial charge in [-0.15, -0.1) is 0 Å². The minimum Gasteiger partial charge on any atom is -0.480 e. The molecule has 2 aromatic rings. The number of allylic oxidation sites excluding steroid dienone is 2. The number of aliphatic carboxylic acids is 1. The summed E-state index contributed by atoms with van der Waals surface area (Å²) >= 11 is 0. The molecule has 0 bridgehead atoms. The summed E-state index contributed by atoms with van der Waals surface area (Å²) in [5.41, 5.74) is 2.05. The third-order valence-corrected chi connectivity index (χ3v) is 3.54. The lowest BCUT2D eigenvalue weighted by Gasteiger charge is -2.17. The first kappa shape index (κ1) is 12.7. The summed E-state index contributed by atoms with van der Waals surface area (Å²) in [4.78, 5) is 14.6. The van der Waals surface area contributed by atoms with Crippen LogP contribution in [-0.4, -0.2) is 28.1 Å². The average Bonchev–Trinajstić information content (AvgIpc) is 3.08. The topological polar surface area (TPSA) is 65.1 Å². The molecule has 1 aromatic heterocycles. The molecule has 0 aliphatic heterocycles. The Morgan fingerprint density at radius 3 is 2.80 bits per heavy atom. The summed E-state index contributed by atoms with van der Waals surface area (Å²) in [7, 11) is 0. The molecule has 1 aliphatic carbocycles. The van der Waals surface area contributed by atoms with Crippen molar-refractivity contribution < 1.29 is 9.90 Å². The molecule has 4 nitrogen and oxygen atoms in total. The van der Waals surface area contributed by atoms with Crippen LogP contribution in [0.25, 0.3) is 10.9 Å². The molecule has 1 heterocycles. The number of carbonyl (C=O) groups is 1. The van der Waals surface area contributed by atoms with Gasteiger partial charge in [0.1, 0.15) is 6.04 Å². The second kappa shape index (κ2) is 5.35. The van der Waals surface area contributed by atoms with Gasteiger partial charge in [-0.2, -0.15) is 0 Å². The Labute approximate surface area is 116 Å². The summed E-state index contributed by atoms with van der Waals surface area (Å²) in [5, 5.41) is 13.6. The summed E-state index contributed by atoms with van der Waals surface area (Å²) in [5.74, 6) is -0.830. The molecule has 0 saturated heterocycles. The Bertz CT molecular complexity index is 673. The van der Waals surface area contributed by atoms with Gasteiger partial charge in [0.15, 0.2) is 0 Å². The molecule has 0 fully saturated rings. The van der Waals surface area contributed by atoms with Crippen LogP contribution in [0, 0.1) is 0 Å². The van der Waals surface area contributed by atoms with Crippen LogP contribution in [0.2, 0.25) is 0 Å². The molecule has 0 amide bonds. The van der Waals surface area contributed by atoms with Crippen LogP contribution in [0.4, 0.5) is 0 Å². The normalized spacial score (nSPS) is 16.0. The summed E-state index contributed by atoms with van der Waals surface area (Å²) in [6.07, 6.45) is 10.1. The van der Waals surface area contributed by atoms with Gasteiger partial charge in [-0.3, -0.25) is 10.1 Å². The fourth-order valence-corrected chi connectivity index (χ4v) is 2.51. The van der Waals surface area contributed by atoms with Crippen molar-refractivity contribution >= 4 is 16.9 Å². The number of para-hydroxylation sites is 1. The number of carboxylic acid groups (broad SMARTS) is 1. The number of benzene rings is 1. The number of rotatable bonds is 5. The van der Waals surface area contributed by atoms with E-state index in [4.69, 9.17) is 0 Å². The Morgan fingerprint density at radius 1 is 1.30 bits per heavy atom. The van der Waals surface area contributed by atoms with Gasteiger partial charge in [0.2, 0.25) is 0 Å². The summed E-state index contributed by atoms with van der Waals surface area (Å²) in [6, 6.07) is 7.32. The number of nitrogens with one attached hydrogen (secondary N) is 2. The maximum absolute atomic E-state index is 11.4. The zero-order valence-corrected chi connectivity index (χ0v) is 10.9. The molecule has 3 N–H and O–H groups in total. The van der Waals surface area contributed by atoms with E-state index in [0.717, 1.165) is 16.5 Å². The van der Waals surface area contributed by atoms with Crippen LogP contribution < -0.4 is 5.32 Å². The number of aromatic amines is 1. The minimum absolute atomic E-state index is 0.00121. The minimum atomic E-state index is -0.830. The third kappa shape index (κ3) is 2.51. The Morgan fingerprint density at radius 2 is 2.05 bits per heavy atom. The first-order chi connectivity index (χ1) is 9.74. The lowest BCUT2D eigenvalue weighted by atomic mass is 10.0. The van der Waals surface area contributed by atoms with E-state index in [1.807, 2.05) is 54.8 Å². The number of hydrogen-bond acceptors (Lipinski definition) is 2. The molecular weight excluding hydrogens is 252 g/mol. The van der Waals surface area contributed by atoms with Crippen LogP contribution in [-0.2, 0) is 11.2 Å². The molecule has 0 radical (unpaired) electrons. The van der Waals surface area contributed by atoms with Gasteiger partial charge in [-0.1, -0.05) is 42.5 Å². The first-order valence-corrected chi connectivity index (χ1v) is 6.63. The van der Waals surface area contributed by atoms with Crippen LogP contribution in [0.15, 0.2) is 54.8 Å². The third-order valence-electron chi connectivity index (χ3n) is 3.54. The van der Waals surface area contributed by atoms with Crippen molar-refractivity contribution in [3.8, 4) is 0 Å². The second-order valence-corrected chi connectivity index (χ2v) is 4.92. The van der Waals surface area contributed by atoms with Crippen LogP contribution in [0.5, 0.6) is 0 Å². The predicted molar refractivity (Wildman–Crippen MR) is 78.6 cm³/mol. The average molecular weight is 268 g/mol. The molecule has 0 spiro atoms. The molecule has 20 heavy (non-hydrogen) atoms. The Kier molecular flexibility index (Phi) is 3.39. The zero-order valence-electron chi connectivity index (χ0n) is 10.9. The van der Waals surface area contributed by atoms with Crippen LogP contribution >= 0.6 is 0 Å². The molecule has 0 saturated carbocycles. The van der Waals surface area contributed by atoms with Gasteiger partial charge in [0, 0.05) is 29.6 Å². The van der Waals surface area contributed by atoms with E-state index in [9.17, 15) is 9.90 Å². The smallest absolute Gasteiger partial charge is 0.321 e. The van der Waals surface area contributed by atoms with E-state index < -0.39 is 12.0 Å². The number of H-pyrrole nitrogens is 1. The standard InChI is InChI=1S/C16H16N2O2/c19-16(20)15(18-12-5-1-2-6-12)9-11-10-17-14-8-4-3-7-13(11)14/h1-8,10,12,15,17-18H,9H2,(H,19,20)/t15-/m0/s1. The predicted octanol–water partition coefficient (Wildman–Crippen LogP) is 2.25. The number of carboxylic acids is 1. The highest BCUT2D eigenvalue weighted by molar-refractivity contribution is 5.84. The highest BCUT2D eigenvalue weighted by Crippen LogP contribution is 2.19. The van der Waals surface area contributed by atoms with Crippen molar-refractivity contribution in [1.29, 1.82) is 0 Å². The first-order valence-electron chi connectivity index (χ1n) is 6.63. The van der Waals surface area contributed by atoms with Gasteiger partial charge in [-0.05, 0) is 11.6 Å². The van der Waals surface area contributed by atoms with Crippen molar-refractivity contribution in [3.05, 3.63) is 60.3 Å². The highest BCUT2D eigenvalue weighted by Gasteiger charge is 2.21. The molecule has 1 aromatic carbocycles. The van der Waals surface area contributed by atoms with Crippen molar-refractivity contribution in [2.75, 3.05) is 0 Å². The molecule has 102 valence electrons. The molecule has 1 aliphatic rings. The molecule has 4 heteroatoms. The van der Waals surface area contributed by atoms with Crippen LogP contribution in [0.3, 0.4) is 0 Å². The molecular formula is C16H16N2O2. The molecule has 1 atom stereocenters. The quantitative estimate of drug-likeness (QED) is 0.779. The fraction of sp³-hybridized carbons (Fsp3) is 0.188. The van der Waals surface area contributed by atoms with Crippen molar-refractivity contribution in [1.82, 2.24) is 10.3 Å². The van der Waals surface area contributed by atoms with Crippen molar-refractivity contribution in [2.45, 2.75) is 18.5 Å². The van der Waals surface area contributed by atoms with Crippen LogP contribution in [0.1, 0.15) is 5.56 Å². The van der Waals surface area contributed by atoms with Crippen molar-refractivity contribution in [2.24, 2.45) is 0 Å². The summed E-state index contributed by atoms with van der Waals surface area (Å²) < 4.78 is 0. The van der Waals surface area contributed by atoms with Gasteiger partial charge >= 0.3 is 5.97 Å². The van der Waals surface area contributed by atoms with E-state index in [-0.39, 0.29) is 6.04 Å². The summed E-state index contributed by atoms with van der Waals surface area (Å²) in [6.45, 7) is 0. The fourth-order valence-electron chi connectivity index (χ4n) is 2.51. The van der Waals surface area contributed by atoms with Crippen molar-refractivity contribution in [3.63, 3.8) is 0 Å². The number of fused-ring (bicyclic) bond motifs is 1. The lowest BCUT2D eigenvalue weighted by molar-refractivity contribution is -0.139. The largest absolute Gasteiger partial charge is 0.480 e. The van der Waals surface area contributed by atoms with E-state index in [0.29, 0.717) is 6.42 Å². The van der Waals surface area contributed by atoms with Gasteiger partial charge < -0.3 is 10.1 Å². The van der Waals surface area contributed by atoms with Gasteiger partial charge in [-0.25, -0.2) is 0 Å².